The zero-order valence-electron chi connectivity index (χ0n) is 20.2. The molecule has 0 spiro atoms. The maximum absolute atomic E-state index is 13.1. The van der Waals surface area contributed by atoms with Gasteiger partial charge in [-0.3, -0.25) is 24.1 Å². The molecule has 0 atom stereocenters. The number of ketones is 1. The summed E-state index contributed by atoms with van der Waals surface area (Å²) in [5, 5.41) is 10.3. The highest BCUT2D eigenvalue weighted by Gasteiger charge is 2.20. The third-order valence-corrected chi connectivity index (χ3v) is 6.24. The van der Waals surface area contributed by atoms with E-state index in [2.05, 4.69) is 16.0 Å². The minimum atomic E-state index is -0.636. The van der Waals surface area contributed by atoms with Gasteiger partial charge in [0.25, 0.3) is 5.56 Å². The van der Waals surface area contributed by atoms with E-state index < -0.39 is 5.41 Å². The van der Waals surface area contributed by atoms with Crippen molar-refractivity contribution < 1.29 is 4.79 Å². The lowest BCUT2D eigenvalue weighted by molar-refractivity contribution is -0.116. The number of rotatable bonds is 5. The molecule has 0 fully saturated rings. The number of nitriles is 1. The highest BCUT2D eigenvalue weighted by atomic mass is 16.1. The predicted molar refractivity (Wildman–Crippen MR) is 139 cm³/mol. The fraction of sp³-hybridized carbons (Fsp3) is 0.172. The lowest BCUT2D eigenvalue weighted by Gasteiger charge is -2.17. The zero-order chi connectivity index (χ0) is 25.4. The summed E-state index contributed by atoms with van der Waals surface area (Å²) in [4.78, 5) is 38.4. The van der Waals surface area contributed by atoms with Crippen molar-refractivity contribution in [3.8, 4) is 23.0 Å². The van der Waals surface area contributed by atoms with Crippen LogP contribution in [0.1, 0.15) is 32.0 Å². The zero-order valence-corrected chi connectivity index (χ0v) is 20.2. The normalized spacial score (nSPS) is 11.5. The number of benzene rings is 1. The topological polar surface area (TPSA) is 102 Å². The molecule has 7 nitrogen and oxygen atoms in total. The summed E-state index contributed by atoms with van der Waals surface area (Å²) in [6, 6.07) is 20.5. The first-order chi connectivity index (χ1) is 17.3. The maximum Gasteiger partial charge on any atom is 0.255 e. The minimum absolute atomic E-state index is 0.0545. The summed E-state index contributed by atoms with van der Waals surface area (Å²) in [7, 11) is 0. The Labute approximate surface area is 207 Å². The fourth-order valence-corrected chi connectivity index (χ4v) is 4.21. The summed E-state index contributed by atoms with van der Waals surface area (Å²) in [6.45, 7) is 5.26. The number of carbonyl (C=O) groups is 1. The third kappa shape index (κ3) is 4.14. The summed E-state index contributed by atoms with van der Waals surface area (Å²) < 4.78 is 1.63. The number of hydrogen-bond donors (Lipinski definition) is 0. The van der Waals surface area contributed by atoms with E-state index >= 15 is 0 Å². The second kappa shape index (κ2) is 8.82. The molecule has 0 aliphatic carbocycles. The van der Waals surface area contributed by atoms with Crippen LogP contribution in [0.15, 0.2) is 77.9 Å². The summed E-state index contributed by atoms with van der Waals surface area (Å²) in [5.41, 5.74) is 4.83. The van der Waals surface area contributed by atoms with Crippen molar-refractivity contribution >= 4 is 27.7 Å². The second-order valence-corrected chi connectivity index (χ2v) is 9.33. The Kier molecular flexibility index (Phi) is 5.65. The van der Waals surface area contributed by atoms with Gasteiger partial charge in [0.15, 0.2) is 0 Å². The average molecular weight is 474 g/mol. The van der Waals surface area contributed by atoms with Gasteiger partial charge in [-0.2, -0.15) is 5.26 Å². The van der Waals surface area contributed by atoms with E-state index in [1.54, 1.807) is 23.0 Å². The lowest BCUT2D eigenvalue weighted by Crippen LogP contribution is -2.19. The van der Waals surface area contributed by atoms with E-state index in [1.807, 2.05) is 62.4 Å². The Hall–Kier alpha value is -4.70. The van der Waals surface area contributed by atoms with Crippen LogP contribution in [-0.2, 0) is 16.6 Å². The van der Waals surface area contributed by atoms with Crippen LogP contribution in [0.3, 0.4) is 0 Å². The molecule has 176 valence electrons. The first-order valence-electron chi connectivity index (χ1n) is 11.6. The molecule has 5 aromatic rings. The SMILES string of the molecule is CC(=O)Cc1ccc(-c2ccc3ncc4ccc(=O)n(-c5ccc(C(C)(C)C#N)cc5)c4c3n2)cn1. The van der Waals surface area contributed by atoms with Gasteiger partial charge in [-0.1, -0.05) is 12.1 Å². The molecule has 1 aromatic carbocycles. The Morgan fingerprint density at radius 1 is 0.972 bits per heavy atom. The number of pyridine rings is 4. The summed E-state index contributed by atoms with van der Waals surface area (Å²) in [6.07, 6.45) is 3.73. The van der Waals surface area contributed by atoms with Crippen LogP contribution in [0.2, 0.25) is 0 Å². The van der Waals surface area contributed by atoms with Crippen molar-refractivity contribution in [2.45, 2.75) is 32.6 Å². The molecule has 0 saturated carbocycles. The van der Waals surface area contributed by atoms with E-state index in [0.29, 0.717) is 33.6 Å². The van der Waals surface area contributed by atoms with Crippen LogP contribution < -0.4 is 5.56 Å². The van der Waals surface area contributed by atoms with E-state index in [0.717, 1.165) is 16.5 Å². The van der Waals surface area contributed by atoms with Crippen molar-refractivity contribution in [3.05, 3.63) is 94.7 Å². The number of Topliss-reactive ketones (excluding diaryl/α,β-unsaturated/α-hetero) is 1. The Morgan fingerprint density at radius 3 is 2.42 bits per heavy atom. The lowest BCUT2D eigenvalue weighted by atomic mass is 9.86. The summed E-state index contributed by atoms with van der Waals surface area (Å²) >= 11 is 0. The quantitative estimate of drug-likeness (QED) is 0.336. The van der Waals surface area contributed by atoms with E-state index in [1.165, 1.54) is 13.0 Å². The fourth-order valence-electron chi connectivity index (χ4n) is 4.21. The number of hydrogen-bond acceptors (Lipinski definition) is 6. The number of carbonyl (C=O) groups excluding carboxylic acids is 1. The molecule has 7 heteroatoms. The first-order valence-corrected chi connectivity index (χ1v) is 11.6. The molecule has 0 bridgehead atoms. The van der Waals surface area contributed by atoms with Crippen LogP contribution in [-0.4, -0.2) is 25.3 Å². The van der Waals surface area contributed by atoms with Gasteiger partial charge >= 0.3 is 0 Å². The number of nitrogens with zero attached hydrogens (tertiary/aromatic N) is 5. The van der Waals surface area contributed by atoms with Crippen LogP contribution >= 0.6 is 0 Å². The average Bonchev–Trinajstić information content (AvgIpc) is 2.88. The van der Waals surface area contributed by atoms with Crippen molar-refractivity contribution in [1.82, 2.24) is 19.5 Å². The van der Waals surface area contributed by atoms with E-state index in [-0.39, 0.29) is 17.8 Å². The molecule has 0 N–H and O–H groups in total. The van der Waals surface area contributed by atoms with Crippen molar-refractivity contribution in [1.29, 1.82) is 5.26 Å². The second-order valence-electron chi connectivity index (χ2n) is 9.33. The smallest absolute Gasteiger partial charge is 0.255 e. The van der Waals surface area contributed by atoms with Crippen LogP contribution in [0.25, 0.3) is 38.9 Å². The van der Waals surface area contributed by atoms with Crippen LogP contribution in [0, 0.1) is 11.3 Å². The van der Waals surface area contributed by atoms with Gasteiger partial charge in [-0.25, -0.2) is 4.98 Å². The maximum atomic E-state index is 13.1. The molecule has 0 saturated heterocycles. The molecular weight excluding hydrogens is 450 g/mol. The highest BCUT2D eigenvalue weighted by molar-refractivity contribution is 6.02. The van der Waals surface area contributed by atoms with Gasteiger partial charge < -0.3 is 0 Å². The first kappa shape index (κ1) is 23.1. The summed E-state index contributed by atoms with van der Waals surface area (Å²) in [5.74, 6) is 0.0545. The molecular formula is C29H23N5O2. The molecule has 4 heterocycles. The largest absolute Gasteiger partial charge is 0.300 e. The molecule has 0 aliphatic rings. The molecule has 4 aromatic heterocycles. The third-order valence-electron chi connectivity index (χ3n) is 6.24. The van der Waals surface area contributed by atoms with Crippen molar-refractivity contribution in [2.24, 2.45) is 0 Å². The van der Waals surface area contributed by atoms with Gasteiger partial charge in [-0.15, -0.1) is 0 Å². The van der Waals surface area contributed by atoms with E-state index in [9.17, 15) is 14.9 Å². The Morgan fingerprint density at radius 2 is 1.75 bits per heavy atom. The number of fused-ring (bicyclic) bond motifs is 3. The highest BCUT2D eigenvalue weighted by Crippen LogP contribution is 2.28. The molecule has 0 amide bonds. The van der Waals surface area contributed by atoms with Crippen molar-refractivity contribution in [3.63, 3.8) is 0 Å². The Bertz CT molecular complexity index is 1730. The van der Waals surface area contributed by atoms with Gasteiger partial charge in [0.2, 0.25) is 0 Å². The Balaban J connectivity index is 1.69. The van der Waals surface area contributed by atoms with Gasteiger partial charge in [0.05, 0.1) is 28.2 Å². The van der Waals surface area contributed by atoms with Crippen molar-refractivity contribution in [2.75, 3.05) is 0 Å². The molecule has 0 aliphatic heterocycles. The predicted octanol–water partition coefficient (Wildman–Crippen LogP) is 4.93. The molecule has 0 unspecified atom stereocenters. The standard InChI is InChI=1S/C29H23N5O2/c1-18(35)14-22-8-4-19(15-31-22)24-11-12-25-27(33-24)28-20(16-32-25)5-13-26(36)34(28)23-9-6-21(7-10-23)29(2,3)17-30/h4-13,15-16H,14H2,1-3H3. The number of aromatic nitrogens is 4. The minimum Gasteiger partial charge on any atom is -0.300 e. The van der Waals surface area contributed by atoms with Gasteiger partial charge in [-0.05, 0) is 68.8 Å². The van der Waals surface area contributed by atoms with Crippen LogP contribution in [0.4, 0.5) is 0 Å². The molecule has 0 radical (unpaired) electrons. The van der Waals surface area contributed by atoms with Gasteiger partial charge in [0, 0.05) is 47.2 Å². The molecule has 5 rings (SSSR count). The molecule has 36 heavy (non-hydrogen) atoms. The monoisotopic (exact) mass is 473 g/mol. The van der Waals surface area contributed by atoms with E-state index in [4.69, 9.17) is 4.98 Å². The van der Waals surface area contributed by atoms with Gasteiger partial charge in [0.1, 0.15) is 11.3 Å². The van der Waals surface area contributed by atoms with Crippen LogP contribution in [0.5, 0.6) is 0 Å².